The number of rotatable bonds is 5. The van der Waals surface area contributed by atoms with Crippen molar-refractivity contribution in [2.24, 2.45) is 0 Å². The molecular formula is C64H44N2. The van der Waals surface area contributed by atoms with E-state index >= 15 is 0 Å². The fraction of sp³-hybridized carbons (Fsp3) is 0.0625. The molecule has 2 nitrogen and oxygen atoms in total. The summed E-state index contributed by atoms with van der Waals surface area (Å²) in [6.45, 7) is 4.77. The van der Waals surface area contributed by atoms with E-state index in [1.165, 1.54) is 105 Å². The van der Waals surface area contributed by atoms with Crippen LogP contribution in [0.2, 0.25) is 0 Å². The first-order valence-corrected chi connectivity index (χ1v) is 23.2. The summed E-state index contributed by atoms with van der Waals surface area (Å²) in [4.78, 5) is 2.58. The van der Waals surface area contributed by atoms with Crippen LogP contribution in [0.1, 0.15) is 47.2 Å². The molecule has 10 aromatic carbocycles. The molecule has 0 unspecified atom stereocenters. The predicted molar refractivity (Wildman–Crippen MR) is 275 cm³/mol. The van der Waals surface area contributed by atoms with Gasteiger partial charge in [-0.3, -0.25) is 0 Å². The molecule has 0 saturated heterocycles. The van der Waals surface area contributed by atoms with Gasteiger partial charge in [-0.25, -0.2) is 0 Å². The van der Waals surface area contributed by atoms with Crippen LogP contribution in [0.3, 0.4) is 0 Å². The standard InChI is InChI=1S/C64H44N2/c1-63(2)53-30-11-6-23-46(53)50-38-37-44(40-57(50)63)65(43-22-16-19-41(39-43)45-28-17-35-59-61(45)52-27-10-15-34-58(52)66(59)42-20-4-3-5-21-42)60-36-18-29-51-49-26-9-14-33-56(49)64(62(51)60)54-31-12-7-24-47(54)48-25-8-13-32-55(48)64/h3-40H,1-2H3. The van der Waals surface area contributed by atoms with Gasteiger partial charge in [0.2, 0.25) is 0 Å². The summed E-state index contributed by atoms with van der Waals surface area (Å²) in [5, 5.41) is 2.50. The maximum absolute atomic E-state index is 2.58. The number of benzene rings is 10. The van der Waals surface area contributed by atoms with Crippen molar-refractivity contribution < 1.29 is 0 Å². The summed E-state index contributed by atoms with van der Waals surface area (Å²) < 4.78 is 2.41. The second-order valence-electron chi connectivity index (χ2n) is 18.8. The summed E-state index contributed by atoms with van der Waals surface area (Å²) in [5.74, 6) is 0. The zero-order valence-electron chi connectivity index (χ0n) is 36.8. The van der Waals surface area contributed by atoms with Crippen molar-refractivity contribution in [1.29, 1.82) is 0 Å². The van der Waals surface area contributed by atoms with Crippen LogP contribution in [-0.4, -0.2) is 4.57 Å². The monoisotopic (exact) mass is 840 g/mol. The van der Waals surface area contributed by atoms with Crippen LogP contribution in [0, 0.1) is 0 Å². The van der Waals surface area contributed by atoms with Gasteiger partial charge in [0.1, 0.15) is 0 Å². The molecule has 1 spiro atoms. The summed E-state index contributed by atoms with van der Waals surface area (Å²) in [6.07, 6.45) is 0. The first-order valence-electron chi connectivity index (χ1n) is 23.2. The molecule has 0 saturated carbocycles. The Kier molecular flexibility index (Phi) is 7.70. The lowest BCUT2D eigenvalue weighted by atomic mass is 9.70. The average molecular weight is 841 g/mol. The Morgan fingerprint density at radius 2 is 0.879 bits per heavy atom. The highest BCUT2D eigenvalue weighted by Crippen LogP contribution is 2.65. The van der Waals surface area contributed by atoms with Crippen LogP contribution in [0.25, 0.3) is 72.0 Å². The molecule has 1 aromatic heterocycles. The smallest absolute Gasteiger partial charge is 0.0746 e. The lowest BCUT2D eigenvalue weighted by Gasteiger charge is -2.36. The van der Waals surface area contributed by atoms with Crippen LogP contribution in [0.4, 0.5) is 17.1 Å². The lowest BCUT2D eigenvalue weighted by Crippen LogP contribution is -2.28. The van der Waals surface area contributed by atoms with Crippen LogP contribution in [-0.2, 0) is 10.8 Å². The zero-order valence-corrected chi connectivity index (χ0v) is 36.8. The molecule has 2 heteroatoms. The van der Waals surface area contributed by atoms with Crippen LogP contribution < -0.4 is 4.90 Å². The highest BCUT2D eigenvalue weighted by atomic mass is 15.1. The minimum atomic E-state index is -0.525. The fourth-order valence-electron chi connectivity index (χ4n) is 12.5. The van der Waals surface area contributed by atoms with Crippen molar-refractivity contribution in [3.05, 3.63) is 264 Å². The molecule has 1 heterocycles. The molecule has 0 aliphatic heterocycles. The highest BCUT2D eigenvalue weighted by Gasteiger charge is 2.53. The normalized spacial score (nSPS) is 14.2. The van der Waals surface area contributed by atoms with Gasteiger partial charge >= 0.3 is 0 Å². The van der Waals surface area contributed by atoms with E-state index in [4.69, 9.17) is 0 Å². The number of anilines is 3. The second kappa shape index (κ2) is 13.7. The Balaban J connectivity index is 1.06. The summed E-state index contributed by atoms with van der Waals surface area (Å²) >= 11 is 0. The van der Waals surface area contributed by atoms with E-state index in [-0.39, 0.29) is 5.41 Å². The molecule has 0 N–H and O–H groups in total. The van der Waals surface area contributed by atoms with Gasteiger partial charge in [0.25, 0.3) is 0 Å². The van der Waals surface area contributed by atoms with E-state index in [1.807, 2.05) is 0 Å². The van der Waals surface area contributed by atoms with E-state index < -0.39 is 5.41 Å². The van der Waals surface area contributed by atoms with E-state index in [2.05, 4.69) is 254 Å². The van der Waals surface area contributed by atoms with Gasteiger partial charge in [0, 0.05) is 38.8 Å². The zero-order chi connectivity index (χ0) is 43.7. The third-order valence-electron chi connectivity index (χ3n) is 15.2. The molecular weight excluding hydrogens is 797 g/mol. The molecule has 66 heavy (non-hydrogen) atoms. The predicted octanol–water partition coefficient (Wildman–Crippen LogP) is 16.6. The Morgan fingerprint density at radius 1 is 0.364 bits per heavy atom. The molecule has 310 valence electrons. The molecule has 0 atom stereocenters. The van der Waals surface area contributed by atoms with Gasteiger partial charge in [0.05, 0.1) is 22.1 Å². The minimum absolute atomic E-state index is 0.169. The Labute approximate surface area is 385 Å². The van der Waals surface area contributed by atoms with Crippen molar-refractivity contribution in [3.63, 3.8) is 0 Å². The van der Waals surface area contributed by atoms with Crippen LogP contribution >= 0.6 is 0 Å². The van der Waals surface area contributed by atoms with Crippen molar-refractivity contribution in [2.75, 3.05) is 4.90 Å². The lowest BCUT2D eigenvalue weighted by molar-refractivity contribution is 0.660. The number of hydrogen-bond acceptors (Lipinski definition) is 1. The van der Waals surface area contributed by atoms with Crippen LogP contribution in [0.5, 0.6) is 0 Å². The van der Waals surface area contributed by atoms with Gasteiger partial charge in [-0.1, -0.05) is 190 Å². The number of hydrogen-bond donors (Lipinski definition) is 0. The number of fused-ring (bicyclic) bond motifs is 16. The third-order valence-corrected chi connectivity index (χ3v) is 15.2. The summed E-state index contributed by atoms with van der Waals surface area (Å²) in [5.41, 5.74) is 24.6. The van der Waals surface area contributed by atoms with Crippen molar-refractivity contribution in [3.8, 4) is 50.2 Å². The molecule has 11 aromatic rings. The van der Waals surface area contributed by atoms with Crippen LogP contribution in [0.15, 0.2) is 231 Å². The fourth-order valence-corrected chi connectivity index (χ4v) is 12.5. The summed E-state index contributed by atoms with van der Waals surface area (Å²) in [6, 6.07) is 86.3. The Morgan fingerprint density at radius 3 is 1.61 bits per heavy atom. The summed E-state index contributed by atoms with van der Waals surface area (Å²) in [7, 11) is 0. The minimum Gasteiger partial charge on any atom is -0.310 e. The molecule has 3 aliphatic carbocycles. The number of para-hydroxylation sites is 2. The van der Waals surface area contributed by atoms with E-state index in [0.29, 0.717) is 0 Å². The maximum atomic E-state index is 2.58. The molecule has 14 rings (SSSR count). The first kappa shape index (κ1) is 37.2. The van der Waals surface area contributed by atoms with E-state index in [0.717, 1.165) is 17.1 Å². The van der Waals surface area contributed by atoms with Crippen molar-refractivity contribution in [1.82, 2.24) is 4.57 Å². The molecule has 0 fully saturated rings. The molecule has 0 amide bonds. The first-order chi connectivity index (χ1) is 32.5. The second-order valence-corrected chi connectivity index (χ2v) is 18.8. The van der Waals surface area contributed by atoms with Crippen molar-refractivity contribution >= 4 is 38.9 Å². The Bertz CT molecular complexity index is 3750. The largest absolute Gasteiger partial charge is 0.310 e. The van der Waals surface area contributed by atoms with Crippen molar-refractivity contribution in [2.45, 2.75) is 24.7 Å². The van der Waals surface area contributed by atoms with Gasteiger partial charge in [0.15, 0.2) is 0 Å². The van der Waals surface area contributed by atoms with E-state index in [1.54, 1.807) is 0 Å². The molecule has 3 aliphatic rings. The maximum Gasteiger partial charge on any atom is 0.0746 e. The third kappa shape index (κ3) is 4.85. The number of aromatic nitrogens is 1. The van der Waals surface area contributed by atoms with E-state index in [9.17, 15) is 0 Å². The van der Waals surface area contributed by atoms with Gasteiger partial charge < -0.3 is 9.47 Å². The molecule has 0 bridgehead atoms. The topological polar surface area (TPSA) is 8.17 Å². The quantitative estimate of drug-likeness (QED) is 0.168. The molecule has 0 radical (unpaired) electrons. The number of nitrogens with zero attached hydrogens (tertiary/aromatic N) is 2. The average Bonchev–Trinajstić information content (AvgIpc) is 4.05. The highest BCUT2D eigenvalue weighted by molar-refractivity contribution is 6.16. The Hall–Kier alpha value is -8.20. The van der Waals surface area contributed by atoms with Gasteiger partial charge in [-0.05, 0) is 127 Å². The SMILES string of the molecule is CC1(C)c2ccccc2-c2ccc(N(c3cccc(-c4cccc5c4c4ccccc4n5-c4ccccc4)c3)c3cccc4c3C3(c5ccccc5-c5ccccc53)c3ccccc3-4)cc21. The van der Waals surface area contributed by atoms with Gasteiger partial charge in [-0.2, -0.15) is 0 Å². The van der Waals surface area contributed by atoms with Gasteiger partial charge in [-0.15, -0.1) is 0 Å².